The maximum absolute atomic E-state index is 5.06. The van der Waals surface area contributed by atoms with Gasteiger partial charge in [-0.25, -0.2) is 4.98 Å². The van der Waals surface area contributed by atoms with Gasteiger partial charge in [-0.2, -0.15) is 0 Å². The number of nitrogens with zero attached hydrogens (tertiary/aromatic N) is 1. The molecular weight excluding hydrogens is 176 g/mol. The van der Waals surface area contributed by atoms with E-state index >= 15 is 0 Å². The average Bonchev–Trinajstić information content (AvgIpc) is 2.26. The van der Waals surface area contributed by atoms with Crippen LogP contribution in [0.1, 0.15) is 19.0 Å². The number of hydrogen-bond donors (Lipinski definition) is 1. The van der Waals surface area contributed by atoms with E-state index < -0.39 is 0 Å². The van der Waals surface area contributed by atoms with Gasteiger partial charge in [0, 0.05) is 17.8 Å². The predicted octanol–water partition coefficient (Wildman–Crippen LogP) is 1.63. The molecule has 0 saturated carbocycles. The van der Waals surface area contributed by atoms with Crippen LogP contribution in [0.15, 0.2) is 18.2 Å². The van der Waals surface area contributed by atoms with Gasteiger partial charge < -0.3 is 10.1 Å². The molecular formula is C11H18N2O. The first kappa shape index (κ1) is 11.0. The summed E-state index contributed by atoms with van der Waals surface area (Å²) in [5, 5.41) is 3.20. The molecule has 0 saturated heterocycles. The van der Waals surface area contributed by atoms with Crippen molar-refractivity contribution in [1.82, 2.24) is 10.3 Å². The van der Waals surface area contributed by atoms with Crippen molar-refractivity contribution in [2.45, 2.75) is 25.8 Å². The summed E-state index contributed by atoms with van der Waals surface area (Å²) in [5.74, 6) is 0.694. The zero-order valence-corrected chi connectivity index (χ0v) is 9.08. The van der Waals surface area contributed by atoms with Crippen molar-refractivity contribution >= 4 is 0 Å². The van der Waals surface area contributed by atoms with Gasteiger partial charge in [0.05, 0.1) is 7.11 Å². The summed E-state index contributed by atoms with van der Waals surface area (Å²) in [6, 6.07) is 6.41. The first-order chi connectivity index (χ1) is 6.76. The number of ether oxygens (including phenoxy) is 1. The lowest BCUT2D eigenvalue weighted by Gasteiger charge is -2.09. The van der Waals surface area contributed by atoms with Crippen molar-refractivity contribution < 1.29 is 4.74 Å². The first-order valence-electron chi connectivity index (χ1n) is 4.93. The molecule has 0 aromatic carbocycles. The van der Waals surface area contributed by atoms with Crippen LogP contribution in [0.25, 0.3) is 0 Å². The molecule has 1 N–H and O–H groups in total. The fourth-order valence-electron chi connectivity index (χ4n) is 1.22. The van der Waals surface area contributed by atoms with E-state index in [9.17, 15) is 0 Å². The highest BCUT2D eigenvalue weighted by molar-refractivity contribution is 5.15. The monoisotopic (exact) mass is 194 g/mol. The van der Waals surface area contributed by atoms with Crippen molar-refractivity contribution in [3.05, 3.63) is 23.9 Å². The summed E-state index contributed by atoms with van der Waals surface area (Å²) >= 11 is 0. The molecule has 1 unspecified atom stereocenters. The van der Waals surface area contributed by atoms with E-state index in [0.717, 1.165) is 18.5 Å². The molecule has 1 atom stereocenters. The molecule has 3 heteroatoms. The summed E-state index contributed by atoms with van der Waals surface area (Å²) in [5.41, 5.74) is 1.09. The molecule has 1 heterocycles. The Morgan fingerprint density at radius 2 is 2.29 bits per heavy atom. The molecule has 1 aromatic heterocycles. The molecule has 0 radical (unpaired) electrons. The van der Waals surface area contributed by atoms with Crippen molar-refractivity contribution in [2.75, 3.05) is 14.2 Å². The highest BCUT2D eigenvalue weighted by Crippen LogP contribution is 2.08. The molecule has 0 aliphatic carbocycles. The SMILES string of the molecule is CNC(C)CCc1cccc(OC)n1. The minimum atomic E-state index is 0.531. The Kier molecular flexibility index (Phi) is 4.40. The number of aryl methyl sites for hydroxylation is 1. The number of rotatable bonds is 5. The molecule has 1 aromatic rings. The fraction of sp³-hybridized carbons (Fsp3) is 0.545. The number of nitrogens with one attached hydrogen (secondary N) is 1. The van der Waals surface area contributed by atoms with Gasteiger partial charge in [-0.15, -0.1) is 0 Å². The Balaban J connectivity index is 2.50. The quantitative estimate of drug-likeness (QED) is 0.773. The Morgan fingerprint density at radius 3 is 2.93 bits per heavy atom. The third kappa shape index (κ3) is 3.34. The highest BCUT2D eigenvalue weighted by Gasteiger charge is 2.01. The van der Waals surface area contributed by atoms with Crippen molar-refractivity contribution in [2.24, 2.45) is 0 Å². The van der Waals surface area contributed by atoms with Crippen LogP contribution >= 0.6 is 0 Å². The van der Waals surface area contributed by atoms with E-state index in [0.29, 0.717) is 11.9 Å². The first-order valence-corrected chi connectivity index (χ1v) is 4.93. The topological polar surface area (TPSA) is 34.1 Å². The van der Waals surface area contributed by atoms with Crippen LogP contribution < -0.4 is 10.1 Å². The van der Waals surface area contributed by atoms with Crippen LogP contribution in [0.2, 0.25) is 0 Å². The second-order valence-corrected chi connectivity index (χ2v) is 3.40. The van der Waals surface area contributed by atoms with Gasteiger partial charge in [-0.1, -0.05) is 6.07 Å². The number of pyridine rings is 1. The molecule has 78 valence electrons. The van der Waals surface area contributed by atoms with Crippen LogP contribution in [0, 0.1) is 0 Å². The van der Waals surface area contributed by atoms with Crippen molar-refractivity contribution in [1.29, 1.82) is 0 Å². The van der Waals surface area contributed by atoms with Crippen molar-refractivity contribution in [3.63, 3.8) is 0 Å². The van der Waals surface area contributed by atoms with E-state index in [1.807, 2.05) is 25.2 Å². The molecule has 14 heavy (non-hydrogen) atoms. The average molecular weight is 194 g/mol. The van der Waals surface area contributed by atoms with Crippen LogP contribution in [0.3, 0.4) is 0 Å². The summed E-state index contributed by atoms with van der Waals surface area (Å²) in [6.07, 6.45) is 2.08. The highest BCUT2D eigenvalue weighted by atomic mass is 16.5. The van der Waals surface area contributed by atoms with Gasteiger partial charge in [-0.3, -0.25) is 0 Å². The largest absolute Gasteiger partial charge is 0.481 e. The minimum absolute atomic E-state index is 0.531. The van der Waals surface area contributed by atoms with Gasteiger partial charge in [0.1, 0.15) is 0 Å². The third-order valence-corrected chi connectivity index (χ3v) is 2.32. The normalized spacial score (nSPS) is 12.5. The maximum atomic E-state index is 5.06. The summed E-state index contributed by atoms with van der Waals surface area (Å²) in [6.45, 7) is 2.17. The molecule has 0 amide bonds. The smallest absolute Gasteiger partial charge is 0.213 e. The van der Waals surface area contributed by atoms with Gasteiger partial charge in [-0.05, 0) is 32.9 Å². The lowest BCUT2D eigenvalue weighted by Crippen LogP contribution is -2.21. The molecule has 0 aliphatic rings. The van der Waals surface area contributed by atoms with Crippen LogP contribution in [0.4, 0.5) is 0 Å². The van der Waals surface area contributed by atoms with Crippen molar-refractivity contribution in [3.8, 4) is 5.88 Å². The van der Waals surface area contributed by atoms with Gasteiger partial charge in [0.2, 0.25) is 5.88 Å². The Hall–Kier alpha value is -1.09. The fourth-order valence-corrected chi connectivity index (χ4v) is 1.22. The third-order valence-electron chi connectivity index (χ3n) is 2.32. The zero-order valence-electron chi connectivity index (χ0n) is 9.08. The van der Waals surface area contributed by atoms with E-state index in [1.54, 1.807) is 7.11 Å². The second-order valence-electron chi connectivity index (χ2n) is 3.40. The van der Waals surface area contributed by atoms with Crippen LogP contribution in [-0.2, 0) is 6.42 Å². The second kappa shape index (κ2) is 5.60. The van der Waals surface area contributed by atoms with E-state index in [2.05, 4.69) is 17.2 Å². The van der Waals surface area contributed by atoms with Gasteiger partial charge in [0.25, 0.3) is 0 Å². The Bertz CT molecular complexity index is 276. The molecule has 3 nitrogen and oxygen atoms in total. The standard InChI is InChI=1S/C11H18N2O/c1-9(12-2)7-8-10-5-4-6-11(13-10)14-3/h4-6,9,12H,7-8H2,1-3H3. The summed E-state index contributed by atoms with van der Waals surface area (Å²) in [7, 11) is 3.62. The van der Waals surface area contributed by atoms with E-state index in [4.69, 9.17) is 4.74 Å². The van der Waals surface area contributed by atoms with E-state index in [1.165, 1.54) is 0 Å². The molecule has 0 bridgehead atoms. The molecule has 0 fully saturated rings. The Labute approximate surface area is 85.5 Å². The molecule has 1 rings (SSSR count). The lowest BCUT2D eigenvalue weighted by atomic mass is 10.1. The number of methoxy groups -OCH3 is 1. The van der Waals surface area contributed by atoms with Gasteiger partial charge in [0.15, 0.2) is 0 Å². The van der Waals surface area contributed by atoms with Gasteiger partial charge >= 0.3 is 0 Å². The molecule has 0 spiro atoms. The lowest BCUT2D eigenvalue weighted by molar-refractivity contribution is 0.395. The van der Waals surface area contributed by atoms with Crippen LogP contribution in [0.5, 0.6) is 5.88 Å². The zero-order chi connectivity index (χ0) is 10.4. The number of aromatic nitrogens is 1. The summed E-state index contributed by atoms with van der Waals surface area (Å²) < 4.78 is 5.06. The number of hydrogen-bond acceptors (Lipinski definition) is 3. The maximum Gasteiger partial charge on any atom is 0.213 e. The molecule has 0 aliphatic heterocycles. The Morgan fingerprint density at radius 1 is 1.50 bits per heavy atom. The summed E-state index contributed by atoms with van der Waals surface area (Å²) in [4.78, 5) is 4.35. The predicted molar refractivity (Wildman–Crippen MR) is 57.6 cm³/mol. The van der Waals surface area contributed by atoms with Crippen LogP contribution in [-0.4, -0.2) is 25.2 Å². The van der Waals surface area contributed by atoms with E-state index in [-0.39, 0.29) is 0 Å². The minimum Gasteiger partial charge on any atom is -0.481 e.